The number of methoxy groups -OCH3 is 1. The lowest BCUT2D eigenvalue weighted by Crippen LogP contribution is -2.31. The Kier molecular flexibility index (Phi) is 4.42. The van der Waals surface area contributed by atoms with Crippen LogP contribution in [0.3, 0.4) is 0 Å². The summed E-state index contributed by atoms with van der Waals surface area (Å²) in [6.07, 6.45) is 8.98. The number of ether oxygens (including phenoxy) is 2. The smallest absolute Gasteiger partial charge is 0.161 e. The molecule has 1 aromatic carbocycles. The fourth-order valence-electron chi connectivity index (χ4n) is 3.66. The summed E-state index contributed by atoms with van der Waals surface area (Å²) in [4.78, 5) is 13.5. The van der Waals surface area contributed by atoms with E-state index in [0.29, 0.717) is 24.5 Å². The molecule has 2 aromatic rings. The van der Waals surface area contributed by atoms with E-state index in [0.717, 1.165) is 22.5 Å². The van der Waals surface area contributed by atoms with E-state index in [-0.39, 0.29) is 12.0 Å². The summed E-state index contributed by atoms with van der Waals surface area (Å²) >= 11 is 0. The van der Waals surface area contributed by atoms with E-state index in [1.54, 1.807) is 25.7 Å². The molecule has 1 aliphatic carbocycles. The topological polar surface area (TPSA) is 76.8 Å². The normalized spacial score (nSPS) is 23.7. The van der Waals surface area contributed by atoms with Gasteiger partial charge in [0.25, 0.3) is 0 Å². The van der Waals surface area contributed by atoms with Gasteiger partial charge in [-0.25, -0.2) is 0 Å². The Morgan fingerprint density at radius 1 is 1.19 bits per heavy atom. The van der Waals surface area contributed by atoms with Crippen LogP contribution in [-0.4, -0.2) is 46.6 Å². The molecule has 0 amide bonds. The molecule has 2 aliphatic rings. The first-order chi connectivity index (χ1) is 12.7. The van der Waals surface area contributed by atoms with E-state index in [4.69, 9.17) is 14.5 Å². The third-order valence-corrected chi connectivity index (χ3v) is 4.81. The van der Waals surface area contributed by atoms with E-state index in [1.807, 2.05) is 31.2 Å². The average molecular weight is 351 g/mol. The first kappa shape index (κ1) is 16.7. The lowest BCUT2D eigenvalue weighted by Gasteiger charge is -2.34. The summed E-state index contributed by atoms with van der Waals surface area (Å²) in [6.45, 7) is 2.50. The van der Waals surface area contributed by atoms with Gasteiger partial charge < -0.3 is 14.6 Å². The minimum Gasteiger partial charge on any atom is -0.493 e. The first-order valence-electron chi connectivity index (χ1n) is 8.77. The molecule has 0 saturated heterocycles. The Morgan fingerprint density at radius 2 is 2.08 bits per heavy atom. The molecule has 1 aromatic heterocycles. The van der Waals surface area contributed by atoms with Gasteiger partial charge in [0.2, 0.25) is 0 Å². The van der Waals surface area contributed by atoms with Gasteiger partial charge in [-0.15, -0.1) is 0 Å². The van der Waals surface area contributed by atoms with Crippen LogP contribution < -0.4 is 9.47 Å². The number of rotatable bonds is 4. The summed E-state index contributed by atoms with van der Waals surface area (Å²) in [5, 5.41) is 10.1. The molecule has 0 spiro atoms. The van der Waals surface area contributed by atoms with Crippen molar-refractivity contribution in [3.05, 3.63) is 59.7 Å². The van der Waals surface area contributed by atoms with Crippen LogP contribution in [0.5, 0.6) is 11.5 Å². The largest absolute Gasteiger partial charge is 0.493 e. The second kappa shape index (κ2) is 6.88. The molecule has 26 heavy (non-hydrogen) atoms. The van der Waals surface area contributed by atoms with Gasteiger partial charge in [-0.2, -0.15) is 0 Å². The third kappa shape index (κ3) is 2.86. The summed E-state index contributed by atoms with van der Waals surface area (Å²) in [6, 6.07) is 3.94. The number of hydrogen-bond donors (Lipinski definition) is 1. The highest BCUT2D eigenvalue weighted by Crippen LogP contribution is 2.43. The number of aliphatic hydroxyl groups is 1. The second-order valence-electron chi connectivity index (χ2n) is 6.38. The number of aromatic nitrogens is 2. The molecule has 0 bridgehead atoms. The molecule has 6 nitrogen and oxygen atoms in total. The molecule has 0 fully saturated rings. The van der Waals surface area contributed by atoms with E-state index in [2.05, 4.69) is 9.97 Å². The van der Waals surface area contributed by atoms with Gasteiger partial charge in [-0.3, -0.25) is 15.0 Å². The number of aliphatic imine (C=N–C) groups is 1. The molecule has 3 atom stereocenters. The highest BCUT2D eigenvalue weighted by atomic mass is 16.5. The molecule has 134 valence electrons. The highest BCUT2D eigenvalue weighted by Gasteiger charge is 2.35. The van der Waals surface area contributed by atoms with Crippen molar-refractivity contribution in [2.45, 2.75) is 31.4 Å². The molecule has 4 rings (SSSR count). The quantitative estimate of drug-likeness (QED) is 0.857. The molecular formula is C20H21N3O3. The Bertz CT molecular complexity index is 864. The maximum atomic E-state index is 10.1. The maximum Gasteiger partial charge on any atom is 0.161 e. The zero-order valence-electron chi connectivity index (χ0n) is 14.8. The van der Waals surface area contributed by atoms with E-state index < -0.39 is 6.10 Å². The standard InChI is InChI=1S/C20H21N3O3/c1-3-26-19-9-13-14-8-12(24)4-5-16(14)23-20(15(13)10-18(19)25-2)17-11-21-6-7-22-17/h4-7,9-12,14,16,24H,3,8H2,1-2H3/t12-,14+,16+/m0/s1. The van der Waals surface area contributed by atoms with Crippen LogP contribution in [0.1, 0.15) is 36.1 Å². The number of benzene rings is 1. The van der Waals surface area contributed by atoms with Gasteiger partial charge in [0, 0.05) is 23.9 Å². The Hall–Kier alpha value is -2.73. The first-order valence-corrected chi connectivity index (χ1v) is 8.77. The zero-order valence-corrected chi connectivity index (χ0v) is 14.8. The number of aliphatic hydroxyl groups excluding tert-OH is 1. The molecule has 0 radical (unpaired) electrons. The third-order valence-electron chi connectivity index (χ3n) is 4.81. The van der Waals surface area contributed by atoms with Gasteiger partial charge >= 0.3 is 0 Å². The molecule has 2 heterocycles. The molecular weight excluding hydrogens is 330 g/mol. The van der Waals surface area contributed by atoms with Gasteiger partial charge in [0.05, 0.1) is 37.8 Å². The maximum absolute atomic E-state index is 10.1. The van der Waals surface area contributed by atoms with Crippen molar-refractivity contribution in [3.63, 3.8) is 0 Å². The van der Waals surface area contributed by atoms with Crippen LogP contribution in [0.2, 0.25) is 0 Å². The summed E-state index contributed by atoms with van der Waals surface area (Å²) in [5.74, 6) is 1.46. The predicted octanol–water partition coefficient (Wildman–Crippen LogP) is 2.51. The summed E-state index contributed by atoms with van der Waals surface area (Å²) in [5.41, 5.74) is 3.56. The highest BCUT2D eigenvalue weighted by molar-refractivity contribution is 6.13. The molecule has 1 aliphatic heterocycles. The minimum absolute atomic E-state index is 0.0363. The Morgan fingerprint density at radius 3 is 2.81 bits per heavy atom. The van der Waals surface area contributed by atoms with Gasteiger partial charge in [0.1, 0.15) is 5.69 Å². The van der Waals surface area contributed by atoms with Gasteiger partial charge in [0.15, 0.2) is 11.5 Å². The lowest BCUT2D eigenvalue weighted by molar-refractivity contribution is 0.190. The van der Waals surface area contributed by atoms with Crippen LogP contribution in [0, 0.1) is 0 Å². The molecule has 0 saturated carbocycles. The van der Waals surface area contributed by atoms with Crippen molar-refractivity contribution in [3.8, 4) is 11.5 Å². The summed E-state index contributed by atoms with van der Waals surface area (Å²) < 4.78 is 11.3. The number of nitrogens with zero attached hydrogens (tertiary/aromatic N) is 3. The zero-order chi connectivity index (χ0) is 18.1. The lowest BCUT2D eigenvalue weighted by atomic mass is 9.77. The van der Waals surface area contributed by atoms with Gasteiger partial charge in [-0.05, 0) is 31.0 Å². The van der Waals surface area contributed by atoms with Crippen molar-refractivity contribution in [2.24, 2.45) is 4.99 Å². The van der Waals surface area contributed by atoms with E-state index in [1.165, 1.54) is 0 Å². The van der Waals surface area contributed by atoms with Crippen LogP contribution >= 0.6 is 0 Å². The van der Waals surface area contributed by atoms with Crippen molar-refractivity contribution < 1.29 is 14.6 Å². The van der Waals surface area contributed by atoms with Crippen LogP contribution in [0.15, 0.2) is 47.9 Å². The predicted molar refractivity (Wildman–Crippen MR) is 98.1 cm³/mol. The SMILES string of the molecule is CCOc1cc2c(cc1OC)C(c1cnccn1)=N[C@@H]1C=C[C@H](O)C[C@H]21. The van der Waals surface area contributed by atoms with Crippen molar-refractivity contribution in [1.29, 1.82) is 0 Å². The van der Waals surface area contributed by atoms with Crippen LogP contribution in [0.25, 0.3) is 0 Å². The number of fused-ring (bicyclic) bond motifs is 3. The van der Waals surface area contributed by atoms with Crippen molar-refractivity contribution in [2.75, 3.05) is 13.7 Å². The minimum atomic E-state index is -0.463. The monoisotopic (exact) mass is 351 g/mol. The Labute approximate surface area is 152 Å². The molecule has 0 unspecified atom stereocenters. The number of hydrogen-bond acceptors (Lipinski definition) is 6. The van der Waals surface area contributed by atoms with E-state index in [9.17, 15) is 5.11 Å². The van der Waals surface area contributed by atoms with Gasteiger partial charge in [-0.1, -0.05) is 12.2 Å². The molecule has 1 N–H and O–H groups in total. The van der Waals surface area contributed by atoms with Crippen LogP contribution in [0.4, 0.5) is 0 Å². The van der Waals surface area contributed by atoms with Crippen molar-refractivity contribution in [1.82, 2.24) is 9.97 Å². The summed E-state index contributed by atoms with van der Waals surface area (Å²) in [7, 11) is 1.63. The fourth-order valence-corrected chi connectivity index (χ4v) is 3.66. The van der Waals surface area contributed by atoms with Crippen LogP contribution in [-0.2, 0) is 0 Å². The fraction of sp³-hybridized carbons (Fsp3) is 0.350. The van der Waals surface area contributed by atoms with E-state index >= 15 is 0 Å². The average Bonchev–Trinajstić information content (AvgIpc) is 2.68. The second-order valence-corrected chi connectivity index (χ2v) is 6.38. The Balaban J connectivity index is 1.92. The molecule has 6 heteroatoms. The van der Waals surface area contributed by atoms with Crippen molar-refractivity contribution >= 4 is 5.71 Å².